The summed E-state index contributed by atoms with van der Waals surface area (Å²) in [5.41, 5.74) is 18.1. The Bertz CT molecular complexity index is 3640. The third-order valence-electron chi connectivity index (χ3n) is 13.1. The summed E-state index contributed by atoms with van der Waals surface area (Å²) in [6.07, 6.45) is 0.436. The first kappa shape index (κ1) is 38.4. The van der Waals surface area contributed by atoms with Crippen molar-refractivity contribution in [1.82, 2.24) is 5.32 Å². The quantitative estimate of drug-likeness (QED) is 0.174. The number of hydrogen-bond donors (Lipinski definition) is 1. The first-order valence-corrected chi connectivity index (χ1v) is 22.4. The molecule has 0 spiro atoms. The first-order valence-electron chi connectivity index (χ1n) is 22.4. The molecule has 0 saturated carbocycles. The van der Waals surface area contributed by atoms with Crippen LogP contribution in [0.5, 0.6) is 0 Å². The first-order chi connectivity index (χ1) is 32.1. The van der Waals surface area contributed by atoms with E-state index in [9.17, 15) is 0 Å². The summed E-state index contributed by atoms with van der Waals surface area (Å²) in [4.78, 5) is 5.54. The van der Waals surface area contributed by atoms with Crippen LogP contribution in [0.2, 0.25) is 0 Å². The van der Waals surface area contributed by atoms with E-state index < -0.39 is 0 Å². The molecular formula is C62H44N2O. The Labute approximate surface area is 378 Å². The molecule has 11 aromatic rings. The van der Waals surface area contributed by atoms with E-state index >= 15 is 0 Å². The van der Waals surface area contributed by atoms with Gasteiger partial charge < -0.3 is 9.73 Å². The third-order valence-corrected chi connectivity index (χ3v) is 13.1. The maximum atomic E-state index is 6.47. The van der Waals surface area contributed by atoms with Crippen LogP contribution in [0.15, 0.2) is 239 Å². The lowest BCUT2D eigenvalue weighted by Gasteiger charge is -2.20. The number of fused-ring (bicyclic) bond motifs is 5. The molecule has 308 valence electrons. The number of furan rings is 1. The largest absolute Gasteiger partial charge is 0.456 e. The number of benzene rings is 10. The van der Waals surface area contributed by atoms with Crippen LogP contribution in [0.25, 0.3) is 93.7 Å². The monoisotopic (exact) mass is 832 g/mol. The molecule has 1 N–H and O–H groups in total. The highest BCUT2D eigenvalue weighted by molar-refractivity contribution is 6.14. The molecule has 1 aliphatic rings. The Kier molecular flexibility index (Phi) is 9.53. The number of nitrogens with zero attached hydrogens (tertiary/aromatic N) is 1. The molecule has 0 fully saturated rings. The fraction of sp³-hybridized carbons (Fsp3) is 0.0484. The van der Waals surface area contributed by atoms with Gasteiger partial charge in [0.25, 0.3) is 0 Å². The van der Waals surface area contributed by atoms with E-state index in [2.05, 4.69) is 237 Å². The van der Waals surface area contributed by atoms with Gasteiger partial charge >= 0.3 is 0 Å². The van der Waals surface area contributed by atoms with Crippen LogP contribution in [0.1, 0.15) is 36.2 Å². The topological polar surface area (TPSA) is 37.5 Å². The normalized spacial score (nSPS) is 14.2. The Morgan fingerprint density at radius 3 is 1.71 bits per heavy atom. The van der Waals surface area contributed by atoms with Gasteiger partial charge in [-0.15, -0.1) is 0 Å². The van der Waals surface area contributed by atoms with E-state index in [-0.39, 0.29) is 6.17 Å². The number of allylic oxidation sites excluding steroid dienone is 1. The fourth-order valence-corrected chi connectivity index (χ4v) is 9.66. The highest BCUT2D eigenvalue weighted by Crippen LogP contribution is 2.40. The Morgan fingerprint density at radius 2 is 0.954 bits per heavy atom. The molecule has 0 amide bonds. The summed E-state index contributed by atoms with van der Waals surface area (Å²) in [5.74, 6) is 0. The molecule has 0 bridgehead atoms. The van der Waals surface area contributed by atoms with Crippen LogP contribution in [-0.2, 0) is 0 Å². The molecule has 1 aliphatic heterocycles. The van der Waals surface area contributed by atoms with Crippen LogP contribution >= 0.6 is 0 Å². The van der Waals surface area contributed by atoms with Crippen molar-refractivity contribution >= 4 is 54.9 Å². The smallest absolute Gasteiger partial charge is 0.145 e. The Balaban J connectivity index is 0.910. The van der Waals surface area contributed by atoms with E-state index in [0.29, 0.717) is 0 Å². The van der Waals surface area contributed by atoms with Gasteiger partial charge in [-0.3, -0.25) is 4.99 Å². The zero-order valence-corrected chi connectivity index (χ0v) is 36.0. The second kappa shape index (κ2) is 16.1. The summed E-state index contributed by atoms with van der Waals surface area (Å²) in [5, 5.41) is 11.0. The number of hydrogen-bond acceptors (Lipinski definition) is 3. The molecule has 1 aromatic heterocycles. The van der Waals surface area contributed by atoms with Crippen molar-refractivity contribution in [2.45, 2.75) is 19.5 Å². The number of rotatable bonds is 7. The minimum absolute atomic E-state index is 0.299. The molecule has 3 nitrogen and oxygen atoms in total. The van der Waals surface area contributed by atoms with Crippen molar-refractivity contribution in [1.29, 1.82) is 0 Å². The van der Waals surface area contributed by atoms with Crippen molar-refractivity contribution in [3.05, 3.63) is 247 Å². The third kappa shape index (κ3) is 7.27. The van der Waals surface area contributed by atoms with Crippen molar-refractivity contribution in [3.8, 4) is 44.5 Å². The van der Waals surface area contributed by atoms with Gasteiger partial charge in [-0.25, -0.2) is 0 Å². The van der Waals surface area contributed by atoms with E-state index in [1.54, 1.807) is 0 Å². The zero-order valence-electron chi connectivity index (χ0n) is 36.0. The van der Waals surface area contributed by atoms with Crippen molar-refractivity contribution in [3.63, 3.8) is 0 Å². The van der Waals surface area contributed by atoms with E-state index in [4.69, 9.17) is 9.41 Å². The minimum Gasteiger partial charge on any atom is -0.456 e. The van der Waals surface area contributed by atoms with Crippen LogP contribution in [0.3, 0.4) is 0 Å². The summed E-state index contributed by atoms with van der Waals surface area (Å²) < 4.78 is 6.47. The lowest BCUT2D eigenvalue weighted by Crippen LogP contribution is -2.18. The van der Waals surface area contributed by atoms with Gasteiger partial charge in [-0.05, 0) is 132 Å². The van der Waals surface area contributed by atoms with Crippen LogP contribution < -0.4 is 5.32 Å². The van der Waals surface area contributed by atoms with Crippen LogP contribution in [0.4, 0.5) is 0 Å². The van der Waals surface area contributed by atoms with Gasteiger partial charge in [-0.2, -0.15) is 0 Å². The summed E-state index contributed by atoms with van der Waals surface area (Å²) in [6, 6.07) is 80.7. The van der Waals surface area contributed by atoms with E-state index in [0.717, 1.165) is 67.6 Å². The molecular weight excluding hydrogens is 789 g/mol. The Morgan fingerprint density at radius 1 is 0.415 bits per heavy atom. The lowest BCUT2D eigenvalue weighted by atomic mass is 9.95. The predicted molar refractivity (Wildman–Crippen MR) is 273 cm³/mol. The lowest BCUT2D eigenvalue weighted by molar-refractivity contribution is 0.669. The molecule has 2 heterocycles. The average Bonchev–Trinajstić information content (AvgIpc) is 3.66. The van der Waals surface area contributed by atoms with Gasteiger partial charge in [0.1, 0.15) is 17.3 Å². The van der Waals surface area contributed by atoms with Crippen LogP contribution in [0, 0.1) is 0 Å². The minimum atomic E-state index is -0.299. The second-order valence-corrected chi connectivity index (χ2v) is 17.2. The summed E-state index contributed by atoms with van der Waals surface area (Å²) in [6.45, 7) is 2.24. The maximum absolute atomic E-state index is 6.47. The average molecular weight is 833 g/mol. The predicted octanol–water partition coefficient (Wildman–Crippen LogP) is 16.5. The second-order valence-electron chi connectivity index (χ2n) is 17.2. The molecule has 0 radical (unpaired) electrons. The van der Waals surface area contributed by atoms with Crippen molar-refractivity contribution in [2.75, 3.05) is 0 Å². The molecule has 10 aromatic carbocycles. The fourth-order valence-electron chi connectivity index (χ4n) is 9.66. The van der Waals surface area contributed by atoms with E-state index in [1.165, 1.54) is 60.5 Å². The number of nitrogens with one attached hydrogen (secondary N) is 1. The molecule has 12 rings (SSSR count). The van der Waals surface area contributed by atoms with Gasteiger partial charge in [0.15, 0.2) is 0 Å². The SMILES string of the molecule is CC1=C(c2ccc(-c3ccccc3)cc2)NC(c2ccc3cc(-c4cccc5oc6ccc(-c7ccc8ccccc8c7)cc6c45)ccc3c2)N=C(c2ccc(-c3ccccc3)cc2)C1. The molecule has 3 heteroatoms. The molecule has 65 heavy (non-hydrogen) atoms. The Hall–Kier alpha value is -8.27. The number of aliphatic imine (C=N–C) groups is 1. The van der Waals surface area contributed by atoms with Gasteiger partial charge in [0, 0.05) is 28.6 Å². The van der Waals surface area contributed by atoms with Crippen LogP contribution in [-0.4, -0.2) is 5.71 Å². The molecule has 1 atom stereocenters. The maximum Gasteiger partial charge on any atom is 0.145 e. The highest BCUT2D eigenvalue weighted by Gasteiger charge is 2.22. The standard InChI is InChI=1S/C62H44N2O/c1-40-35-57(46-24-19-44(20-25-46)41-11-4-2-5-12-41)63-62(64-61(40)47-26-21-45(22-27-47)42-13-6-3-7-14-42)54-32-30-50-37-53(31-29-51(50)38-54)55-17-10-18-59-60(55)56-39-52(33-34-58(56)65-59)49-28-23-43-15-8-9-16-48(43)36-49/h2-34,36-39,62,64H,35H2,1H3. The zero-order chi connectivity index (χ0) is 43.3. The van der Waals surface area contributed by atoms with E-state index in [1.807, 2.05) is 0 Å². The summed E-state index contributed by atoms with van der Waals surface area (Å²) >= 11 is 0. The van der Waals surface area contributed by atoms with Gasteiger partial charge in [0.2, 0.25) is 0 Å². The van der Waals surface area contributed by atoms with Crippen molar-refractivity contribution in [2.24, 2.45) is 4.99 Å². The molecule has 0 aliphatic carbocycles. The highest BCUT2D eigenvalue weighted by atomic mass is 16.3. The molecule has 1 unspecified atom stereocenters. The van der Waals surface area contributed by atoms with Gasteiger partial charge in [-0.1, -0.05) is 188 Å². The summed E-state index contributed by atoms with van der Waals surface area (Å²) in [7, 11) is 0. The molecule has 0 saturated heterocycles. The van der Waals surface area contributed by atoms with Gasteiger partial charge in [0.05, 0.1) is 0 Å². The van der Waals surface area contributed by atoms with Crippen molar-refractivity contribution < 1.29 is 4.42 Å².